The highest BCUT2D eigenvalue weighted by atomic mass is 32.2. The van der Waals surface area contributed by atoms with Crippen molar-refractivity contribution in [3.8, 4) is 0 Å². The molecule has 3 heterocycles. The second kappa shape index (κ2) is 9.06. The van der Waals surface area contributed by atoms with Gasteiger partial charge in [0, 0.05) is 17.1 Å². The molecular formula is C22H22FN7OS2. The molecule has 0 fully saturated rings. The molecule has 0 spiro atoms. The Labute approximate surface area is 197 Å². The number of benzene rings is 1. The van der Waals surface area contributed by atoms with E-state index in [0.29, 0.717) is 29.0 Å². The van der Waals surface area contributed by atoms with Gasteiger partial charge in [-0.2, -0.15) is 15.0 Å². The van der Waals surface area contributed by atoms with Crippen molar-refractivity contribution < 1.29 is 4.39 Å². The summed E-state index contributed by atoms with van der Waals surface area (Å²) < 4.78 is 14.9. The zero-order chi connectivity index (χ0) is 22.9. The lowest BCUT2D eigenvalue weighted by molar-refractivity contribution is 0.585. The molecule has 3 N–H and O–H groups in total. The van der Waals surface area contributed by atoms with Gasteiger partial charge in [-0.25, -0.2) is 9.37 Å². The number of thioether (sulfide) groups is 1. The molecule has 33 heavy (non-hydrogen) atoms. The summed E-state index contributed by atoms with van der Waals surface area (Å²) in [4.78, 5) is 33.0. The van der Waals surface area contributed by atoms with E-state index in [1.54, 1.807) is 28.0 Å². The van der Waals surface area contributed by atoms with Crippen LogP contribution in [0.3, 0.4) is 0 Å². The minimum atomic E-state index is -0.327. The lowest BCUT2D eigenvalue weighted by Gasteiger charge is -2.11. The largest absolute Gasteiger partial charge is 0.368 e. The molecule has 0 aliphatic heterocycles. The number of halogens is 1. The fourth-order valence-corrected chi connectivity index (χ4v) is 6.12. The number of aromatic nitrogens is 5. The van der Waals surface area contributed by atoms with Gasteiger partial charge < -0.3 is 11.1 Å². The van der Waals surface area contributed by atoms with E-state index in [4.69, 9.17) is 10.7 Å². The maximum atomic E-state index is 13.3. The van der Waals surface area contributed by atoms with Gasteiger partial charge in [0.15, 0.2) is 5.16 Å². The number of nitrogen functional groups attached to an aromatic ring is 1. The van der Waals surface area contributed by atoms with Crippen molar-refractivity contribution in [1.29, 1.82) is 0 Å². The number of aryl methyl sites for hydroxylation is 2. The van der Waals surface area contributed by atoms with Crippen LogP contribution in [0.5, 0.6) is 0 Å². The molecule has 0 saturated heterocycles. The van der Waals surface area contributed by atoms with Crippen LogP contribution in [0.2, 0.25) is 0 Å². The van der Waals surface area contributed by atoms with Gasteiger partial charge in [-0.1, -0.05) is 18.7 Å². The summed E-state index contributed by atoms with van der Waals surface area (Å²) in [7, 11) is 0. The molecular weight excluding hydrogens is 461 g/mol. The molecule has 3 aromatic heterocycles. The van der Waals surface area contributed by atoms with Crippen molar-refractivity contribution in [1.82, 2.24) is 24.5 Å². The van der Waals surface area contributed by atoms with Crippen LogP contribution in [-0.4, -0.2) is 24.5 Å². The molecule has 0 unspecified atom stereocenters. The van der Waals surface area contributed by atoms with Gasteiger partial charge in [-0.3, -0.25) is 9.36 Å². The molecule has 11 heteroatoms. The number of nitrogens with one attached hydrogen (secondary N) is 1. The van der Waals surface area contributed by atoms with Gasteiger partial charge in [0.1, 0.15) is 16.5 Å². The third kappa shape index (κ3) is 4.42. The zero-order valence-electron chi connectivity index (χ0n) is 18.0. The Morgan fingerprint density at radius 3 is 2.79 bits per heavy atom. The van der Waals surface area contributed by atoms with E-state index in [9.17, 15) is 9.18 Å². The Morgan fingerprint density at radius 1 is 1.18 bits per heavy atom. The van der Waals surface area contributed by atoms with E-state index in [1.165, 1.54) is 34.3 Å². The monoisotopic (exact) mass is 483 g/mol. The molecule has 4 aromatic rings. The number of fused-ring (bicyclic) bond motifs is 3. The first-order valence-corrected chi connectivity index (χ1v) is 12.5. The predicted molar refractivity (Wildman–Crippen MR) is 130 cm³/mol. The standard InChI is InChI=1S/C22H22FN7OS2/c1-2-10-30-19(31)17-14-4-3-5-15(14)33-18(17)28-22(30)32-11-16-26-20(24)29-21(27-16)25-13-8-6-12(23)7-9-13/h6-9H,2-5,10-11H2,1H3,(H3,24,25,26,27,29). The highest BCUT2D eigenvalue weighted by molar-refractivity contribution is 7.98. The first-order valence-electron chi connectivity index (χ1n) is 10.7. The van der Waals surface area contributed by atoms with E-state index in [2.05, 4.69) is 20.3 Å². The Kier molecular flexibility index (Phi) is 5.98. The molecule has 1 aromatic carbocycles. The number of thiophene rings is 1. The fraction of sp³-hybridized carbons (Fsp3) is 0.318. The Balaban J connectivity index is 1.42. The van der Waals surface area contributed by atoms with Gasteiger partial charge in [-0.15, -0.1) is 11.3 Å². The minimum Gasteiger partial charge on any atom is -0.368 e. The average Bonchev–Trinajstić information content (AvgIpc) is 3.37. The maximum Gasteiger partial charge on any atom is 0.263 e. The molecule has 0 amide bonds. The van der Waals surface area contributed by atoms with Crippen LogP contribution in [0.4, 0.5) is 22.0 Å². The number of anilines is 3. The van der Waals surface area contributed by atoms with E-state index in [1.807, 2.05) is 6.92 Å². The summed E-state index contributed by atoms with van der Waals surface area (Å²) >= 11 is 3.04. The van der Waals surface area contributed by atoms with E-state index < -0.39 is 0 Å². The molecule has 5 rings (SSSR count). The number of nitrogens with zero attached hydrogens (tertiary/aromatic N) is 5. The highest BCUT2D eigenvalue weighted by Gasteiger charge is 2.23. The maximum absolute atomic E-state index is 13.3. The summed E-state index contributed by atoms with van der Waals surface area (Å²) in [6.07, 6.45) is 3.92. The number of rotatable bonds is 7. The second-order valence-electron chi connectivity index (χ2n) is 7.74. The van der Waals surface area contributed by atoms with Crippen LogP contribution in [0.15, 0.2) is 34.2 Å². The van der Waals surface area contributed by atoms with Crippen LogP contribution >= 0.6 is 23.1 Å². The second-order valence-corrected chi connectivity index (χ2v) is 9.77. The van der Waals surface area contributed by atoms with Gasteiger partial charge >= 0.3 is 0 Å². The Hall–Kier alpha value is -3.05. The average molecular weight is 484 g/mol. The van der Waals surface area contributed by atoms with Crippen molar-refractivity contribution in [2.75, 3.05) is 11.1 Å². The van der Waals surface area contributed by atoms with Crippen molar-refractivity contribution in [2.45, 2.75) is 50.1 Å². The molecule has 170 valence electrons. The smallest absolute Gasteiger partial charge is 0.263 e. The summed E-state index contributed by atoms with van der Waals surface area (Å²) in [6.45, 7) is 2.65. The highest BCUT2D eigenvalue weighted by Crippen LogP contribution is 2.36. The van der Waals surface area contributed by atoms with Crippen LogP contribution in [0.1, 0.15) is 36.0 Å². The SMILES string of the molecule is CCCn1c(SCc2nc(N)nc(Nc3ccc(F)cc3)n2)nc2sc3c(c2c1=O)CCC3. The normalized spacial score (nSPS) is 12.9. The number of hydrogen-bond donors (Lipinski definition) is 2. The van der Waals surface area contributed by atoms with Crippen LogP contribution in [-0.2, 0) is 25.1 Å². The Morgan fingerprint density at radius 2 is 2.00 bits per heavy atom. The first-order chi connectivity index (χ1) is 16.0. The molecule has 0 radical (unpaired) electrons. The molecule has 8 nitrogen and oxygen atoms in total. The lowest BCUT2D eigenvalue weighted by atomic mass is 10.2. The fourth-order valence-electron chi connectivity index (χ4n) is 3.94. The van der Waals surface area contributed by atoms with Crippen molar-refractivity contribution in [2.24, 2.45) is 0 Å². The van der Waals surface area contributed by atoms with Crippen molar-refractivity contribution in [3.05, 3.63) is 56.7 Å². The third-order valence-corrected chi connectivity index (χ3v) is 7.52. The number of hydrogen-bond acceptors (Lipinski definition) is 9. The van der Waals surface area contributed by atoms with E-state index >= 15 is 0 Å². The molecule has 0 bridgehead atoms. The van der Waals surface area contributed by atoms with Crippen LogP contribution < -0.4 is 16.6 Å². The van der Waals surface area contributed by atoms with Crippen LogP contribution in [0.25, 0.3) is 10.2 Å². The zero-order valence-corrected chi connectivity index (χ0v) is 19.6. The molecule has 1 aliphatic carbocycles. The minimum absolute atomic E-state index is 0.0394. The summed E-state index contributed by atoms with van der Waals surface area (Å²) in [5.41, 5.74) is 7.75. The quantitative estimate of drug-likeness (QED) is 0.296. The van der Waals surface area contributed by atoms with E-state index in [0.717, 1.165) is 35.9 Å². The van der Waals surface area contributed by atoms with Gasteiger partial charge in [0.25, 0.3) is 5.56 Å². The van der Waals surface area contributed by atoms with Gasteiger partial charge in [0.05, 0.1) is 11.1 Å². The lowest BCUT2D eigenvalue weighted by Crippen LogP contribution is -2.23. The third-order valence-electron chi connectivity index (χ3n) is 5.37. The molecule has 0 atom stereocenters. The Bertz CT molecular complexity index is 1380. The van der Waals surface area contributed by atoms with Crippen LogP contribution in [0, 0.1) is 5.82 Å². The summed E-state index contributed by atoms with van der Waals surface area (Å²) in [5, 5.41) is 4.46. The molecule has 0 saturated carbocycles. The van der Waals surface area contributed by atoms with Crippen molar-refractivity contribution >= 4 is 50.9 Å². The van der Waals surface area contributed by atoms with Crippen molar-refractivity contribution in [3.63, 3.8) is 0 Å². The van der Waals surface area contributed by atoms with Gasteiger partial charge in [0.2, 0.25) is 11.9 Å². The summed E-state index contributed by atoms with van der Waals surface area (Å²) in [5.74, 6) is 0.856. The number of nitrogens with two attached hydrogens (primary N) is 1. The van der Waals surface area contributed by atoms with Gasteiger partial charge in [-0.05, 0) is 55.5 Å². The predicted octanol–water partition coefficient (Wildman–Crippen LogP) is 4.30. The molecule has 1 aliphatic rings. The topological polar surface area (TPSA) is 112 Å². The van der Waals surface area contributed by atoms with E-state index in [-0.39, 0.29) is 23.3 Å². The first kappa shape index (κ1) is 21.8. The summed E-state index contributed by atoms with van der Waals surface area (Å²) in [6, 6.07) is 5.87.